The van der Waals surface area contributed by atoms with Crippen LogP contribution in [0.4, 0.5) is 24.5 Å². The van der Waals surface area contributed by atoms with Gasteiger partial charge in [0.15, 0.2) is 0 Å². The third-order valence-corrected chi connectivity index (χ3v) is 6.30. The number of carbonyl (C=O) groups is 2. The van der Waals surface area contributed by atoms with Gasteiger partial charge in [-0.05, 0) is 61.4 Å². The quantitative estimate of drug-likeness (QED) is 0.359. The molecule has 1 spiro atoms. The smallest absolute Gasteiger partial charge is 0.376 e. The van der Waals surface area contributed by atoms with E-state index in [4.69, 9.17) is 0 Å². The van der Waals surface area contributed by atoms with E-state index in [-0.39, 0.29) is 5.69 Å². The number of nitrogens with zero attached hydrogens (tertiary/aromatic N) is 2. The number of benzene rings is 2. The Hall–Kier alpha value is -2.60. The van der Waals surface area contributed by atoms with Gasteiger partial charge in [0.25, 0.3) is 11.8 Å². The van der Waals surface area contributed by atoms with Gasteiger partial charge in [0.2, 0.25) is 0 Å². The largest absolute Gasteiger partial charge is 0.534 e. The molecule has 1 aliphatic carbocycles. The maximum absolute atomic E-state index is 13.0. The highest BCUT2D eigenvalue weighted by molar-refractivity contribution is 9.10. The number of halogens is 4. The molecule has 4 rings (SSSR count). The number of rotatable bonds is 4. The number of hydrogen-bond acceptors (Lipinski definition) is 5. The van der Waals surface area contributed by atoms with Crippen LogP contribution in [0, 0.1) is 5.41 Å². The van der Waals surface area contributed by atoms with Gasteiger partial charge in [-0.15, -0.1) is 0 Å². The third kappa shape index (κ3) is 3.23. The van der Waals surface area contributed by atoms with Crippen LogP contribution >= 0.6 is 15.9 Å². The van der Waals surface area contributed by atoms with Gasteiger partial charge >= 0.3 is 15.6 Å². The molecule has 1 aliphatic heterocycles. The first-order valence-corrected chi connectivity index (χ1v) is 10.7. The van der Waals surface area contributed by atoms with Gasteiger partial charge in [0.05, 0.1) is 11.4 Å². The molecule has 0 bridgehead atoms. The molecule has 2 amide bonds. The van der Waals surface area contributed by atoms with Crippen molar-refractivity contribution < 1.29 is 35.4 Å². The number of hydrogen-bond donors (Lipinski definition) is 0. The fourth-order valence-corrected chi connectivity index (χ4v) is 3.82. The molecule has 7 nitrogen and oxygen atoms in total. The molecule has 0 atom stereocenters. The summed E-state index contributed by atoms with van der Waals surface area (Å²) in [6, 6.07) is 11.0. The van der Waals surface area contributed by atoms with Gasteiger partial charge in [-0.2, -0.15) is 21.6 Å². The Morgan fingerprint density at radius 2 is 1.30 bits per heavy atom. The summed E-state index contributed by atoms with van der Waals surface area (Å²) >= 11 is 3.29. The molecule has 0 radical (unpaired) electrons. The Bertz CT molecular complexity index is 1130. The van der Waals surface area contributed by atoms with Crippen LogP contribution in [0.2, 0.25) is 0 Å². The predicted molar refractivity (Wildman–Crippen MR) is 103 cm³/mol. The Labute approximate surface area is 177 Å². The molecule has 2 aromatic rings. The van der Waals surface area contributed by atoms with E-state index >= 15 is 0 Å². The number of hydrazine groups is 1. The Morgan fingerprint density at radius 1 is 0.867 bits per heavy atom. The summed E-state index contributed by atoms with van der Waals surface area (Å²) in [6.45, 7) is 0. The zero-order chi connectivity index (χ0) is 21.9. The maximum atomic E-state index is 13.0. The van der Waals surface area contributed by atoms with Crippen LogP contribution < -0.4 is 14.2 Å². The van der Waals surface area contributed by atoms with Gasteiger partial charge in [-0.25, -0.2) is 10.0 Å². The number of amides is 2. The van der Waals surface area contributed by atoms with E-state index in [2.05, 4.69) is 20.1 Å². The van der Waals surface area contributed by atoms with Crippen molar-refractivity contribution in [2.45, 2.75) is 18.3 Å². The topological polar surface area (TPSA) is 84.0 Å². The summed E-state index contributed by atoms with van der Waals surface area (Å²) in [5.41, 5.74) is -6.10. The van der Waals surface area contributed by atoms with Crippen LogP contribution in [0.5, 0.6) is 5.75 Å². The second kappa shape index (κ2) is 6.71. The molecule has 0 aromatic heterocycles. The van der Waals surface area contributed by atoms with E-state index in [0.29, 0.717) is 18.5 Å². The summed E-state index contributed by atoms with van der Waals surface area (Å²) in [5, 5.41) is 2.35. The van der Waals surface area contributed by atoms with E-state index < -0.39 is 38.6 Å². The van der Waals surface area contributed by atoms with Crippen LogP contribution in [0.25, 0.3) is 0 Å². The molecule has 158 valence electrons. The van der Waals surface area contributed by atoms with Gasteiger partial charge < -0.3 is 4.18 Å². The van der Waals surface area contributed by atoms with Crippen molar-refractivity contribution in [3.8, 4) is 5.75 Å². The molecular weight excluding hydrogens is 493 g/mol. The van der Waals surface area contributed by atoms with E-state index in [9.17, 15) is 31.2 Å². The third-order valence-electron chi connectivity index (χ3n) is 4.80. The summed E-state index contributed by atoms with van der Waals surface area (Å²) in [5.74, 6) is -1.42. The first kappa shape index (κ1) is 20.7. The fraction of sp³-hybridized carbons (Fsp3) is 0.222. The molecule has 1 saturated heterocycles. The molecule has 1 heterocycles. The minimum absolute atomic E-state index is 0.178. The van der Waals surface area contributed by atoms with E-state index in [1.807, 2.05) is 0 Å². The summed E-state index contributed by atoms with van der Waals surface area (Å²) in [4.78, 5) is 25.9. The maximum Gasteiger partial charge on any atom is 0.534 e. The van der Waals surface area contributed by atoms with Crippen molar-refractivity contribution >= 4 is 49.2 Å². The lowest BCUT2D eigenvalue weighted by atomic mass is 10.1. The molecule has 2 fully saturated rings. The van der Waals surface area contributed by atoms with Crippen molar-refractivity contribution in [1.29, 1.82) is 0 Å². The first-order valence-electron chi connectivity index (χ1n) is 8.52. The van der Waals surface area contributed by atoms with Crippen LogP contribution in [0.3, 0.4) is 0 Å². The van der Waals surface area contributed by atoms with Crippen molar-refractivity contribution in [3.63, 3.8) is 0 Å². The lowest BCUT2D eigenvalue weighted by Gasteiger charge is -2.27. The molecule has 2 aromatic carbocycles. The van der Waals surface area contributed by atoms with Gasteiger partial charge in [-0.3, -0.25) is 9.59 Å². The molecule has 30 heavy (non-hydrogen) atoms. The van der Waals surface area contributed by atoms with Crippen molar-refractivity contribution in [1.82, 2.24) is 0 Å². The lowest BCUT2D eigenvalue weighted by Crippen LogP contribution is -2.41. The molecule has 1 saturated carbocycles. The molecular formula is C18H12BrF3N2O5S. The van der Waals surface area contributed by atoms with Gasteiger partial charge in [-0.1, -0.05) is 15.9 Å². The Kier molecular flexibility index (Phi) is 4.62. The summed E-state index contributed by atoms with van der Waals surface area (Å²) in [6.07, 6.45) is 0.804. The molecule has 0 unspecified atom stereocenters. The summed E-state index contributed by atoms with van der Waals surface area (Å²) < 4.78 is 64.6. The minimum Gasteiger partial charge on any atom is -0.376 e. The van der Waals surface area contributed by atoms with Gasteiger partial charge in [0, 0.05) is 4.47 Å². The zero-order valence-electron chi connectivity index (χ0n) is 14.9. The van der Waals surface area contributed by atoms with Gasteiger partial charge in [0.1, 0.15) is 11.2 Å². The highest BCUT2D eigenvalue weighted by Gasteiger charge is 2.66. The predicted octanol–water partition coefficient (Wildman–Crippen LogP) is 3.75. The molecule has 2 aliphatic rings. The monoisotopic (exact) mass is 504 g/mol. The highest BCUT2D eigenvalue weighted by Crippen LogP contribution is 2.54. The van der Waals surface area contributed by atoms with E-state index in [1.165, 1.54) is 17.1 Å². The second-order valence-electron chi connectivity index (χ2n) is 6.77. The lowest BCUT2D eigenvalue weighted by molar-refractivity contribution is -0.128. The number of carbonyl (C=O) groups excluding carboxylic acids is 2. The normalized spacial score (nSPS) is 18.3. The van der Waals surface area contributed by atoms with Crippen LogP contribution in [-0.4, -0.2) is 25.7 Å². The van der Waals surface area contributed by atoms with Crippen LogP contribution in [0.15, 0.2) is 53.0 Å². The van der Waals surface area contributed by atoms with E-state index in [1.54, 1.807) is 24.3 Å². The van der Waals surface area contributed by atoms with Crippen molar-refractivity contribution in [2.24, 2.45) is 5.41 Å². The molecule has 0 N–H and O–H groups in total. The van der Waals surface area contributed by atoms with Crippen molar-refractivity contribution in [3.05, 3.63) is 53.0 Å². The van der Waals surface area contributed by atoms with Crippen molar-refractivity contribution in [2.75, 3.05) is 10.0 Å². The second-order valence-corrected chi connectivity index (χ2v) is 9.22. The SMILES string of the molecule is O=C1N(c2ccc(Br)cc2)N(c2ccc(OS(=O)(=O)C(F)(F)F)cc2)C(=O)C12CC2. The van der Waals surface area contributed by atoms with Crippen LogP contribution in [-0.2, 0) is 19.7 Å². The standard InChI is InChI=1S/C18H12BrF3N2O5S/c19-11-1-3-12(4-2-11)23-15(25)17(9-10-17)16(26)24(23)13-5-7-14(8-6-13)29-30(27,28)18(20,21)22/h1-8H,9-10H2. The van der Waals surface area contributed by atoms with E-state index in [0.717, 1.165) is 21.6 Å². The Balaban J connectivity index is 1.68. The minimum atomic E-state index is -5.82. The fourth-order valence-electron chi connectivity index (χ4n) is 3.10. The number of alkyl halides is 3. The average molecular weight is 505 g/mol. The first-order chi connectivity index (χ1) is 14.0. The number of anilines is 2. The highest BCUT2D eigenvalue weighted by atomic mass is 79.9. The summed E-state index contributed by atoms with van der Waals surface area (Å²) in [7, 11) is -5.82. The zero-order valence-corrected chi connectivity index (χ0v) is 17.3. The van der Waals surface area contributed by atoms with Crippen LogP contribution in [0.1, 0.15) is 12.8 Å². The Morgan fingerprint density at radius 3 is 1.70 bits per heavy atom. The molecule has 12 heteroatoms. The average Bonchev–Trinajstić information content (AvgIpc) is 3.44.